The van der Waals surface area contributed by atoms with Crippen LogP contribution in [0.15, 0.2) is 53.4 Å². The smallest absolute Gasteiger partial charge is 0.243 e. The molecule has 1 fully saturated rings. The molecule has 0 bridgehead atoms. The number of carbonyl (C=O) groups excluding carboxylic acids is 1. The number of methoxy groups -OCH3 is 1. The number of rotatable bonds is 7. The van der Waals surface area contributed by atoms with Crippen molar-refractivity contribution in [3.63, 3.8) is 0 Å². The van der Waals surface area contributed by atoms with Crippen molar-refractivity contribution in [1.82, 2.24) is 9.62 Å². The van der Waals surface area contributed by atoms with E-state index in [0.717, 1.165) is 30.6 Å². The van der Waals surface area contributed by atoms with Gasteiger partial charge in [0.25, 0.3) is 0 Å². The first-order valence-corrected chi connectivity index (χ1v) is 13.5. The summed E-state index contributed by atoms with van der Waals surface area (Å²) in [7, 11) is -2.05. The van der Waals surface area contributed by atoms with E-state index in [9.17, 15) is 13.2 Å². The third-order valence-corrected chi connectivity index (χ3v) is 9.24. The zero-order chi connectivity index (χ0) is 24.3. The number of benzene rings is 2. The highest BCUT2D eigenvalue weighted by atomic mass is 32.2. The summed E-state index contributed by atoms with van der Waals surface area (Å²) in [5.74, 6) is 1.22. The van der Waals surface area contributed by atoms with Crippen molar-refractivity contribution < 1.29 is 22.7 Å². The number of hydrogen-bond acceptors (Lipinski definition) is 5. The maximum Gasteiger partial charge on any atom is 0.243 e. The average Bonchev–Trinajstić information content (AvgIpc) is 2.88. The number of piperidine rings is 1. The molecule has 2 aliphatic heterocycles. The molecule has 2 aromatic rings. The van der Waals surface area contributed by atoms with Crippen molar-refractivity contribution in [3.05, 3.63) is 54.1 Å². The minimum atomic E-state index is -3.60. The van der Waals surface area contributed by atoms with Gasteiger partial charge in [-0.2, -0.15) is 4.31 Å². The number of para-hydroxylation sites is 1. The normalized spacial score (nSPS) is 20.7. The minimum absolute atomic E-state index is 0.00990. The molecule has 184 valence electrons. The zero-order valence-electron chi connectivity index (χ0n) is 20.1. The third-order valence-electron chi connectivity index (χ3n) is 7.32. The van der Waals surface area contributed by atoms with Crippen LogP contribution in [0.1, 0.15) is 57.6 Å². The number of fused-ring (bicyclic) bond motifs is 1. The maximum absolute atomic E-state index is 13.2. The largest absolute Gasteiger partial charge is 0.497 e. The zero-order valence-corrected chi connectivity index (χ0v) is 20.9. The maximum atomic E-state index is 13.2. The molecule has 0 saturated carbocycles. The van der Waals surface area contributed by atoms with E-state index >= 15 is 0 Å². The molecular weight excluding hydrogens is 452 g/mol. The molecule has 1 amide bonds. The molecule has 7 nitrogen and oxygen atoms in total. The van der Waals surface area contributed by atoms with Gasteiger partial charge >= 0.3 is 0 Å². The van der Waals surface area contributed by atoms with Crippen LogP contribution in [0.3, 0.4) is 0 Å². The fourth-order valence-electron chi connectivity index (χ4n) is 4.97. The SMILES string of the molecule is CCC1(CC)C[C@H](NC(=O)C2CCN(S(=O)(=O)c3ccc(OC)cc3)CC2)c2ccccc2O1. The van der Waals surface area contributed by atoms with Crippen LogP contribution in [0, 0.1) is 5.92 Å². The number of nitrogens with one attached hydrogen (secondary N) is 1. The molecule has 34 heavy (non-hydrogen) atoms. The third kappa shape index (κ3) is 4.79. The van der Waals surface area contributed by atoms with Crippen LogP contribution < -0.4 is 14.8 Å². The highest BCUT2D eigenvalue weighted by molar-refractivity contribution is 7.89. The minimum Gasteiger partial charge on any atom is -0.497 e. The average molecular weight is 487 g/mol. The summed E-state index contributed by atoms with van der Waals surface area (Å²) >= 11 is 0. The number of sulfonamides is 1. The first kappa shape index (κ1) is 24.5. The Bertz CT molecular complexity index is 1100. The Morgan fingerprint density at radius 2 is 1.74 bits per heavy atom. The predicted octanol–water partition coefficient (Wildman–Crippen LogP) is 4.29. The van der Waals surface area contributed by atoms with E-state index < -0.39 is 10.0 Å². The lowest BCUT2D eigenvalue weighted by molar-refractivity contribution is -0.127. The molecule has 2 aliphatic rings. The molecule has 0 aromatic heterocycles. The second-order valence-corrected chi connectivity index (χ2v) is 11.1. The molecule has 4 rings (SSSR count). The highest BCUT2D eigenvalue weighted by Crippen LogP contribution is 2.42. The van der Waals surface area contributed by atoms with E-state index in [1.165, 1.54) is 4.31 Å². The van der Waals surface area contributed by atoms with Gasteiger partial charge in [-0.25, -0.2) is 8.42 Å². The van der Waals surface area contributed by atoms with Gasteiger partial charge in [0.05, 0.1) is 18.0 Å². The van der Waals surface area contributed by atoms with Gasteiger partial charge in [-0.1, -0.05) is 32.0 Å². The standard InChI is InChI=1S/C26H34N2O5S/c1-4-26(5-2)18-23(22-8-6-7-9-24(22)33-26)27-25(29)19-14-16-28(17-15-19)34(30,31)21-12-10-20(32-3)11-13-21/h6-13,19,23H,4-5,14-18H2,1-3H3,(H,27,29)/t23-/m0/s1. The first-order valence-electron chi connectivity index (χ1n) is 12.0. The van der Waals surface area contributed by atoms with Gasteiger partial charge in [-0.05, 0) is 56.0 Å². The summed E-state index contributed by atoms with van der Waals surface area (Å²) in [5.41, 5.74) is 0.718. The molecule has 0 aliphatic carbocycles. The van der Waals surface area contributed by atoms with Crippen LogP contribution >= 0.6 is 0 Å². The quantitative estimate of drug-likeness (QED) is 0.631. The summed E-state index contributed by atoms with van der Waals surface area (Å²) in [6.07, 6.45) is 3.46. The molecule has 0 unspecified atom stereocenters. The van der Waals surface area contributed by atoms with Gasteiger partial charge in [0, 0.05) is 31.0 Å². The molecular formula is C26H34N2O5S. The van der Waals surface area contributed by atoms with Gasteiger partial charge in [0.15, 0.2) is 0 Å². The van der Waals surface area contributed by atoms with Crippen molar-refractivity contribution >= 4 is 15.9 Å². The van der Waals surface area contributed by atoms with E-state index in [-0.39, 0.29) is 28.4 Å². The number of amides is 1. The van der Waals surface area contributed by atoms with E-state index in [1.54, 1.807) is 31.4 Å². The van der Waals surface area contributed by atoms with Crippen LogP contribution in [-0.4, -0.2) is 44.4 Å². The summed E-state index contributed by atoms with van der Waals surface area (Å²) < 4.78 is 39.0. The van der Waals surface area contributed by atoms with Gasteiger partial charge in [0.1, 0.15) is 17.1 Å². The van der Waals surface area contributed by atoms with Crippen molar-refractivity contribution in [2.45, 2.75) is 62.5 Å². The Kier molecular flexibility index (Phi) is 7.19. The van der Waals surface area contributed by atoms with E-state index in [0.29, 0.717) is 31.7 Å². The van der Waals surface area contributed by atoms with Crippen molar-refractivity contribution in [1.29, 1.82) is 0 Å². The Hall–Kier alpha value is -2.58. The topological polar surface area (TPSA) is 84.9 Å². The van der Waals surface area contributed by atoms with Gasteiger partial charge < -0.3 is 14.8 Å². The van der Waals surface area contributed by atoms with Crippen molar-refractivity contribution in [2.24, 2.45) is 5.92 Å². The van der Waals surface area contributed by atoms with Gasteiger partial charge in [-0.3, -0.25) is 4.79 Å². The molecule has 0 radical (unpaired) electrons. The Morgan fingerprint density at radius 1 is 1.09 bits per heavy atom. The number of ether oxygens (including phenoxy) is 2. The Labute approximate surface area is 202 Å². The molecule has 1 saturated heterocycles. The Balaban J connectivity index is 1.42. The monoisotopic (exact) mass is 486 g/mol. The predicted molar refractivity (Wildman–Crippen MR) is 130 cm³/mol. The van der Waals surface area contributed by atoms with Crippen molar-refractivity contribution in [3.8, 4) is 11.5 Å². The summed E-state index contributed by atoms with van der Waals surface area (Å²) in [6, 6.07) is 14.2. The molecule has 0 spiro atoms. The van der Waals surface area contributed by atoms with E-state index in [1.807, 2.05) is 24.3 Å². The lowest BCUT2D eigenvalue weighted by atomic mass is 9.83. The molecule has 1 N–H and O–H groups in total. The van der Waals surface area contributed by atoms with Crippen LogP contribution in [0.25, 0.3) is 0 Å². The molecule has 8 heteroatoms. The first-order chi connectivity index (χ1) is 16.3. The number of carbonyl (C=O) groups is 1. The lowest BCUT2D eigenvalue weighted by Gasteiger charge is -2.42. The summed E-state index contributed by atoms with van der Waals surface area (Å²) in [6.45, 7) is 4.89. The molecule has 2 aromatic carbocycles. The second kappa shape index (κ2) is 9.96. The fourth-order valence-corrected chi connectivity index (χ4v) is 6.44. The van der Waals surface area contributed by atoms with Crippen LogP contribution in [-0.2, 0) is 14.8 Å². The second-order valence-electron chi connectivity index (χ2n) is 9.15. The summed E-state index contributed by atoms with van der Waals surface area (Å²) in [5, 5.41) is 3.27. The highest BCUT2D eigenvalue weighted by Gasteiger charge is 2.40. The van der Waals surface area contributed by atoms with Crippen LogP contribution in [0.5, 0.6) is 11.5 Å². The van der Waals surface area contributed by atoms with E-state index in [2.05, 4.69) is 19.2 Å². The van der Waals surface area contributed by atoms with Crippen LogP contribution in [0.4, 0.5) is 0 Å². The van der Waals surface area contributed by atoms with Gasteiger partial charge in [-0.15, -0.1) is 0 Å². The number of hydrogen-bond donors (Lipinski definition) is 1. The van der Waals surface area contributed by atoms with Crippen LogP contribution in [0.2, 0.25) is 0 Å². The summed E-state index contributed by atoms with van der Waals surface area (Å²) in [4.78, 5) is 13.5. The van der Waals surface area contributed by atoms with Gasteiger partial charge in [0.2, 0.25) is 15.9 Å². The molecule has 2 heterocycles. The number of nitrogens with zero attached hydrogens (tertiary/aromatic N) is 1. The fraction of sp³-hybridized carbons (Fsp3) is 0.500. The Morgan fingerprint density at radius 3 is 2.35 bits per heavy atom. The van der Waals surface area contributed by atoms with Crippen molar-refractivity contribution in [2.75, 3.05) is 20.2 Å². The van der Waals surface area contributed by atoms with E-state index in [4.69, 9.17) is 9.47 Å². The molecule has 1 atom stereocenters. The lowest BCUT2D eigenvalue weighted by Crippen LogP contribution is -2.47.